The molecule has 2 heterocycles. The number of nitrogens with one attached hydrogen (secondary N) is 1. The zero-order valence-corrected chi connectivity index (χ0v) is 14.6. The standard InChI is InChI=1S/C18H21BrN2O2/c19-15-3-1-4-16-14(15)7-12(20-16)10-21-11-18(5-2-6-18)9-13(21)8-17(22)23/h1,3-4,7,13,20H,2,5-6,8-11H2,(H,22,23). The number of hydrogen-bond acceptors (Lipinski definition) is 2. The molecular formula is C18H21BrN2O2. The molecule has 1 saturated carbocycles. The van der Waals surface area contributed by atoms with E-state index in [1.165, 1.54) is 30.3 Å². The molecular weight excluding hydrogens is 356 g/mol. The Hall–Kier alpha value is -1.33. The average molecular weight is 377 g/mol. The van der Waals surface area contributed by atoms with E-state index in [0.29, 0.717) is 5.41 Å². The van der Waals surface area contributed by atoms with E-state index < -0.39 is 5.97 Å². The number of likely N-dealkylation sites (tertiary alicyclic amines) is 1. The van der Waals surface area contributed by atoms with E-state index in [9.17, 15) is 9.90 Å². The highest BCUT2D eigenvalue weighted by Crippen LogP contribution is 2.51. The molecule has 5 heteroatoms. The molecule has 2 fully saturated rings. The zero-order chi connectivity index (χ0) is 16.0. The van der Waals surface area contributed by atoms with E-state index in [4.69, 9.17) is 0 Å². The van der Waals surface area contributed by atoms with E-state index in [1.807, 2.05) is 12.1 Å². The summed E-state index contributed by atoms with van der Waals surface area (Å²) in [6, 6.07) is 8.51. The van der Waals surface area contributed by atoms with Crippen molar-refractivity contribution in [1.82, 2.24) is 9.88 Å². The maximum atomic E-state index is 11.2. The summed E-state index contributed by atoms with van der Waals surface area (Å²) in [5.74, 6) is -0.684. The number of hydrogen-bond donors (Lipinski definition) is 2. The number of carboxylic acid groups (broad SMARTS) is 1. The van der Waals surface area contributed by atoms with Gasteiger partial charge in [-0.05, 0) is 42.9 Å². The van der Waals surface area contributed by atoms with E-state index in [-0.39, 0.29) is 12.5 Å². The minimum Gasteiger partial charge on any atom is -0.481 e. The van der Waals surface area contributed by atoms with Crippen molar-refractivity contribution in [3.63, 3.8) is 0 Å². The number of halogens is 1. The fraction of sp³-hybridized carbons (Fsp3) is 0.500. The SMILES string of the molecule is O=C(O)CC1CC2(CCC2)CN1Cc1cc2c(Br)cccc2[nH]1. The topological polar surface area (TPSA) is 56.3 Å². The Bertz CT molecular complexity index is 751. The Morgan fingerprint density at radius 2 is 2.26 bits per heavy atom. The van der Waals surface area contributed by atoms with E-state index in [0.717, 1.165) is 29.5 Å². The normalized spacial score (nSPS) is 23.4. The molecule has 0 radical (unpaired) electrons. The zero-order valence-electron chi connectivity index (χ0n) is 13.0. The fourth-order valence-electron chi connectivity index (χ4n) is 4.36. The molecule has 1 atom stereocenters. The molecule has 2 aliphatic rings. The quantitative estimate of drug-likeness (QED) is 0.842. The summed E-state index contributed by atoms with van der Waals surface area (Å²) < 4.78 is 1.09. The number of aliphatic carboxylic acids is 1. The van der Waals surface area contributed by atoms with Crippen molar-refractivity contribution in [3.05, 3.63) is 34.4 Å². The van der Waals surface area contributed by atoms with Crippen LogP contribution in [0.1, 0.15) is 37.8 Å². The molecule has 1 saturated heterocycles. The predicted octanol–water partition coefficient (Wildman–Crippen LogP) is 4.15. The summed E-state index contributed by atoms with van der Waals surface area (Å²) in [6.07, 6.45) is 5.12. The molecule has 2 N–H and O–H groups in total. The van der Waals surface area contributed by atoms with Crippen LogP contribution < -0.4 is 0 Å². The number of carbonyl (C=O) groups is 1. The van der Waals surface area contributed by atoms with Gasteiger partial charge in [-0.1, -0.05) is 28.4 Å². The lowest BCUT2D eigenvalue weighted by Crippen LogP contribution is -2.34. The highest BCUT2D eigenvalue weighted by Gasteiger charge is 2.47. The molecule has 23 heavy (non-hydrogen) atoms. The van der Waals surface area contributed by atoms with Crippen LogP contribution in [0.15, 0.2) is 28.7 Å². The van der Waals surface area contributed by atoms with Gasteiger partial charge in [0.15, 0.2) is 0 Å². The first kappa shape index (κ1) is 15.2. The number of nitrogens with zero attached hydrogens (tertiary/aromatic N) is 1. The summed E-state index contributed by atoms with van der Waals surface area (Å²) in [7, 11) is 0. The number of aromatic amines is 1. The van der Waals surface area contributed by atoms with Crippen molar-refractivity contribution < 1.29 is 9.90 Å². The summed E-state index contributed by atoms with van der Waals surface area (Å²) in [4.78, 5) is 17.1. The highest BCUT2D eigenvalue weighted by molar-refractivity contribution is 9.10. The van der Waals surface area contributed by atoms with Gasteiger partial charge >= 0.3 is 5.97 Å². The first-order chi connectivity index (χ1) is 11.0. The van der Waals surface area contributed by atoms with Gasteiger partial charge in [0.2, 0.25) is 0 Å². The Morgan fingerprint density at radius 3 is 2.91 bits per heavy atom. The molecule has 1 aromatic heterocycles. The second-order valence-corrected chi connectivity index (χ2v) is 8.06. The van der Waals surface area contributed by atoms with Crippen LogP contribution in [0, 0.1) is 5.41 Å². The maximum Gasteiger partial charge on any atom is 0.304 e. The van der Waals surface area contributed by atoms with Gasteiger partial charge < -0.3 is 10.1 Å². The number of carboxylic acids is 1. The van der Waals surface area contributed by atoms with Crippen LogP contribution in [-0.4, -0.2) is 33.5 Å². The lowest BCUT2D eigenvalue weighted by atomic mass is 9.67. The third-order valence-electron chi connectivity index (χ3n) is 5.59. The van der Waals surface area contributed by atoms with Crippen LogP contribution in [0.2, 0.25) is 0 Å². The minimum atomic E-state index is -0.684. The second kappa shape index (κ2) is 5.64. The van der Waals surface area contributed by atoms with Crippen LogP contribution in [0.5, 0.6) is 0 Å². The first-order valence-corrected chi connectivity index (χ1v) is 9.06. The molecule has 1 aromatic carbocycles. The average Bonchev–Trinajstić information content (AvgIpc) is 3.01. The second-order valence-electron chi connectivity index (χ2n) is 7.21. The number of H-pyrrole nitrogens is 1. The van der Waals surface area contributed by atoms with Gasteiger partial charge in [-0.3, -0.25) is 9.69 Å². The van der Waals surface area contributed by atoms with Crippen molar-refractivity contribution in [3.8, 4) is 0 Å². The predicted molar refractivity (Wildman–Crippen MR) is 93.4 cm³/mol. The highest BCUT2D eigenvalue weighted by atomic mass is 79.9. The fourth-order valence-corrected chi connectivity index (χ4v) is 4.84. The summed E-state index contributed by atoms with van der Waals surface area (Å²) in [5, 5.41) is 10.4. The Kier molecular flexibility index (Phi) is 3.73. The molecule has 2 aromatic rings. The Balaban J connectivity index is 1.57. The van der Waals surface area contributed by atoms with Gasteiger partial charge in [0.05, 0.1) is 6.42 Å². The molecule has 0 bridgehead atoms. The third-order valence-corrected chi connectivity index (χ3v) is 6.28. The molecule has 1 unspecified atom stereocenters. The van der Waals surface area contributed by atoms with Gasteiger partial charge in [-0.25, -0.2) is 0 Å². The van der Waals surface area contributed by atoms with E-state index in [1.54, 1.807) is 0 Å². The smallest absolute Gasteiger partial charge is 0.304 e. The number of fused-ring (bicyclic) bond motifs is 1. The molecule has 1 spiro atoms. The van der Waals surface area contributed by atoms with Crippen molar-refractivity contribution in [1.29, 1.82) is 0 Å². The van der Waals surface area contributed by atoms with Gasteiger partial charge in [0, 0.05) is 40.2 Å². The first-order valence-electron chi connectivity index (χ1n) is 8.27. The van der Waals surface area contributed by atoms with Gasteiger partial charge in [-0.2, -0.15) is 0 Å². The molecule has 0 amide bonds. The van der Waals surface area contributed by atoms with E-state index >= 15 is 0 Å². The minimum absolute atomic E-state index is 0.169. The van der Waals surface area contributed by atoms with Gasteiger partial charge in [0.1, 0.15) is 0 Å². The number of benzene rings is 1. The summed E-state index contributed by atoms with van der Waals surface area (Å²) in [5.41, 5.74) is 2.69. The Morgan fingerprint density at radius 1 is 1.43 bits per heavy atom. The molecule has 4 rings (SSSR count). The lowest BCUT2D eigenvalue weighted by Gasteiger charge is -2.38. The van der Waals surface area contributed by atoms with Crippen LogP contribution in [0.4, 0.5) is 0 Å². The van der Waals surface area contributed by atoms with Gasteiger partial charge in [0.25, 0.3) is 0 Å². The monoisotopic (exact) mass is 376 g/mol. The molecule has 122 valence electrons. The number of rotatable bonds is 4. The van der Waals surface area contributed by atoms with Crippen molar-refractivity contribution in [2.45, 2.75) is 44.7 Å². The summed E-state index contributed by atoms with van der Waals surface area (Å²) in [6.45, 7) is 1.85. The molecule has 4 nitrogen and oxygen atoms in total. The molecule has 1 aliphatic heterocycles. The van der Waals surface area contributed by atoms with Crippen molar-refractivity contribution in [2.24, 2.45) is 5.41 Å². The van der Waals surface area contributed by atoms with Crippen molar-refractivity contribution >= 4 is 32.8 Å². The van der Waals surface area contributed by atoms with Crippen LogP contribution in [0.25, 0.3) is 10.9 Å². The van der Waals surface area contributed by atoms with Crippen LogP contribution >= 0.6 is 15.9 Å². The van der Waals surface area contributed by atoms with Crippen LogP contribution in [0.3, 0.4) is 0 Å². The van der Waals surface area contributed by atoms with Gasteiger partial charge in [-0.15, -0.1) is 0 Å². The van der Waals surface area contributed by atoms with E-state index in [2.05, 4.69) is 37.9 Å². The third kappa shape index (κ3) is 2.81. The Labute approximate surface area is 144 Å². The van der Waals surface area contributed by atoms with Crippen molar-refractivity contribution in [2.75, 3.05) is 6.54 Å². The van der Waals surface area contributed by atoms with Crippen LogP contribution in [-0.2, 0) is 11.3 Å². The summed E-state index contributed by atoms with van der Waals surface area (Å²) >= 11 is 3.59. The largest absolute Gasteiger partial charge is 0.481 e. The lowest BCUT2D eigenvalue weighted by molar-refractivity contribution is -0.138. The molecule has 1 aliphatic carbocycles. The number of aromatic nitrogens is 1. The maximum absolute atomic E-state index is 11.2.